The SMILES string of the molecule is CCNC(=O)c1ccc(NCc2cc(C)ccc2C)cc1. The highest BCUT2D eigenvalue weighted by molar-refractivity contribution is 5.94. The zero-order valence-corrected chi connectivity index (χ0v) is 12.9. The fourth-order valence-electron chi connectivity index (χ4n) is 2.19. The molecule has 0 aliphatic rings. The van der Waals surface area contributed by atoms with Crippen LogP contribution < -0.4 is 10.6 Å². The largest absolute Gasteiger partial charge is 0.381 e. The average molecular weight is 282 g/mol. The lowest BCUT2D eigenvalue weighted by molar-refractivity contribution is 0.0956. The predicted molar refractivity (Wildman–Crippen MR) is 87.7 cm³/mol. The number of rotatable bonds is 5. The Bertz CT molecular complexity index is 618. The Hall–Kier alpha value is -2.29. The van der Waals surface area contributed by atoms with Gasteiger partial charge in [-0.3, -0.25) is 4.79 Å². The molecule has 2 rings (SSSR count). The number of amides is 1. The maximum atomic E-state index is 11.7. The molecule has 0 spiro atoms. The Labute approximate surface area is 126 Å². The van der Waals surface area contributed by atoms with E-state index < -0.39 is 0 Å². The molecule has 0 aliphatic carbocycles. The van der Waals surface area contributed by atoms with Crippen molar-refractivity contribution in [3.05, 3.63) is 64.7 Å². The quantitative estimate of drug-likeness (QED) is 0.878. The molecule has 0 saturated heterocycles. The monoisotopic (exact) mass is 282 g/mol. The van der Waals surface area contributed by atoms with E-state index in [4.69, 9.17) is 0 Å². The lowest BCUT2D eigenvalue weighted by Gasteiger charge is -2.10. The first-order chi connectivity index (χ1) is 10.1. The summed E-state index contributed by atoms with van der Waals surface area (Å²) in [6.45, 7) is 7.57. The number of anilines is 1. The number of hydrogen-bond donors (Lipinski definition) is 2. The molecule has 2 aromatic carbocycles. The summed E-state index contributed by atoms with van der Waals surface area (Å²) in [6.07, 6.45) is 0. The molecule has 0 atom stereocenters. The van der Waals surface area contributed by atoms with Crippen molar-refractivity contribution in [3.8, 4) is 0 Å². The molecule has 2 aromatic rings. The van der Waals surface area contributed by atoms with Crippen LogP contribution in [0.3, 0.4) is 0 Å². The van der Waals surface area contributed by atoms with E-state index >= 15 is 0 Å². The summed E-state index contributed by atoms with van der Waals surface area (Å²) in [7, 11) is 0. The number of carbonyl (C=O) groups excluding carboxylic acids is 1. The summed E-state index contributed by atoms with van der Waals surface area (Å²) in [5.74, 6) is -0.0291. The molecule has 0 heterocycles. The van der Waals surface area contributed by atoms with Crippen LogP contribution in [0.15, 0.2) is 42.5 Å². The first kappa shape index (κ1) is 15.1. The van der Waals surface area contributed by atoms with Crippen molar-refractivity contribution < 1.29 is 4.79 Å². The van der Waals surface area contributed by atoms with Crippen molar-refractivity contribution >= 4 is 11.6 Å². The van der Waals surface area contributed by atoms with E-state index in [1.165, 1.54) is 16.7 Å². The van der Waals surface area contributed by atoms with E-state index in [-0.39, 0.29) is 5.91 Å². The van der Waals surface area contributed by atoms with E-state index in [0.29, 0.717) is 12.1 Å². The van der Waals surface area contributed by atoms with Crippen LogP contribution in [0.1, 0.15) is 34.0 Å². The van der Waals surface area contributed by atoms with Gasteiger partial charge >= 0.3 is 0 Å². The third kappa shape index (κ3) is 4.09. The molecule has 0 saturated carbocycles. The van der Waals surface area contributed by atoms with Crippen LogP contribution in [0, 0.1) is 13.8 Å². The van der Waals surface area contributed by atoms with Gasteiger partial charge in [0.05, 0.1) is 0 Å². The Morgan fingerprint density at radius 3 is 2.43 bits per heavy atom. The molecule has 3 nitrogen and oxygen atoms in total. The van der Waals surface area contributed by atoms with Crippen molar-refractivity contribution in [1.29, 1.82) is 0 Å². The highest BCUT2D eigenvalue weighted by atomic mass is 16.1. The Kier molecular flexibility index (Phi) is 4.99. The van der Waals surface area contributed by atoms with Gasteiger partial charge in [-0.2, -0.15) is 0 Å². The first-order valence-electron chi connectivity index (χ1n) is 7.28. The van der Waals surface area contributed by atoms with Crippen LogP contribution >= 0.6 is 0 Å². The molecule has 0 bridgehead atoms. The molecule has 1 amide bonds. The zero-order chi connectivity index (χ0) is 15.2. The second kappa shape index (κ2) is 6.93. The number of nitrogens with one attached hydrogen (secondary N) is 2. The van der Waals surface area contributed by atoms with Crippen LogP contribution in [0.25, 0.3) is 0 Å². The average Bonchev–Trinajstić information content (AvgIpc) is 2.49. The molecule has 3 heteroatoms. The highest BCUT2D eigenvalue weighted by Crippen LogP contribution is 2.15. The lowest BCUT2D eigenvalue weighted by Crippen LogP contribution is -2.22. The number of hydrogen-bond acceptors (Lipinski definition) is 2. The van der Waals surface area contributed by atoms with E-state index in [1.54, 1.807) is 0 Å². The maximum Gasteiger partial charge on any atom is 0.251 e. The van der Waals surface area contributed by atoms with Crippen molar-refractivity contribution in [2.75, 3.05) is 11.9 Å². The van der Waals surface area contributed by atoms with E-state index in [2.05, 4.69) is 42.7 Å². The third-order valence-electron chi connectivity index (χ3n) is 3.47. The van der Waals surface area contributed by atoms with Gasteiger partial charge in [-0.1, -0.05) is 23.8 Å². The summed E-state index contributed by atoms with van der Waals surface area (Å²) in [5, 5.41) is 6.19. The van der Waals surface area contributed by atoms with Gasteiger partial charge in [0, 0.05) is 24.3 Å². The fraction of sp³-hybridized carbons (Fsp3) is 0.278. The third-order valence-corrected chi connectivity index (χ3v) is 3.47. The Morgan fingerprint density at radius 1 is 1.05 bits per heavy atom. The van der Waals surface area contributed by atoms with Gasteiger partial charge < -0.3 is 10.6 Å². The van der Waals surface area contributed by atoms with Crippen molar-refractivity contribution in [2.24, 2.45) is 0 Å². The summed E-state index contributed by atoms with van der Waals surface area (Å²) in [5.41, 5.74) is 5.55. The molecule has 0 aliphatic heterocycles. The zero-order valence-electron chi connectivity index (χ0n) is 12.9. The predicted octanol–water partition coefficient (Wildman–Crippen LogP) is 3.67. The van der Waals surface area contributed by atoms with Gasteiger partial charge in [-0.25, -0.2) is 0 Å². The second-order valence-electron chi connectivity index (χ2n) is 5.22. The topological polar surface area (TPSA) is 41.1 Å². The molecule has 110 valence electrons. The number of carbonyl (C=O) groups is 1. The van der Waals surface area contributed by atoms with Gasteiger partial charge in [0.1, 0.15) is 0 Å². The second-order valence-corrected chi connectivity index (χ2v) is 5.22. The standard InChI is InChI=1S/C18H22N2O/c1-4-19-18(21)15-7-9-17(10-8-15)20-12-16-11-13(2)5-6-14(16)3/h5-11,20H,4,12H2,1-3H3,(H,19,21). The molecule has 2 N–H and O–H groups in total. The molecule has 0 aromatic heterocycles. The smallest absolute Gasteiger partial charge is 0.251 e. The van der Waals surface area contributed by atoms with Crippen molar-refractivity contribution in [3.63, 3.8) is 0 Å². The van der Waals surface area contributed by atoms with Gasteiger partial charge in [0.25, 0.3) is 5.91 Å². The van der Waals surface area contributed by atoms with E-state index in [1.807, 2.05) is 31.2 Å². The minimum absolute atomic E-state index is 0.0291. The van der Waals surface area contributed by atoms with Crippen molar-refractivity contribution in [2.45, 2.75) is 27.3 Å². The summed E-state index contributed by atoms with van der Waals surface area (Å²) in [6, 6.07) is 14.0. The number of benzene rings is 2. The first-order valence-corrected chi connectivity index (χ1v) is 7.28. The molecule has 0 unspecified atom stereocenters. The van der Waals surface area contributed by atoms with Crippen LogP contribution in [0.5, 0.6) is 0 Å². The van der Waals surface area contributed by atoms with Crippen LogP contribution in [0.2, 0.25) is 0 Å². The summed E-state index contributed by atoms with van der Waals surface area (Å²) >= 11 is 0. The minimum atomic E-state index is -0.0291. The lowest BCUT2D eigenvalue weighted by atomic mass is 10.1. The molecule has 0 radical (unpaired) electrons. The number of aryl methyl sites for hydroxylation is 2. The van der Waals surface area contributed by atoms with E-state index in [9.17, 15) is 4.79 Å². The van der Waals surface area contributed by atoms with Gasteiger partial charge in [0.2, 0.25) is 0 Å². The normalized spacial score (nSPS) is 10.2. The van der Waals surface area contributed by atoms with Gasteiger partial charge in [0.15, 0.2) is 0 Å². The van der Waals surface area contributed by atoms with Crippen molar-refractivity contribution in [1.82, 2.24) is 5.32 Å². The Morgan fingerprint density at radius 2 is 1.76 bits per heavy atom. The fourth-order valence-corrected chi connectivity index (χ4v) is 2.19. The molecule has 21 heavy (non-hydrogen) atoms. The van der Waals surface area contributed by atoms with Crippen LogP contribution in [0.4, 0.5) is 5.69 Å². The van der Waals surface area contributed by atoms with Gasteiger partial charge in [-0.05, 0) is 56.2 Å². The van der Waals surface area contributed by atoms with Gasteiger partial charge in [-0.15, -0.1) is 0 Å². The van der Waals surface area contributed by atoms with Crippen LogP contribution in [-0.4, -0.2) is 12.5 Å². The molecular formula is C18H22N2O. The summed E-state index contributed by atoms with van der Waals surface area (Å²) in [4.78, 5) is 11.7. The minimum Gasteiger partial charge on any atom is -0.381 e. The molecule has 0 fully saturated rings. The highest BCUT2D eigenvalue weighted by Gasteiger charge is 2.04. The molecular weight excluding hydrogens is 260 g/mol. The summed E-state index contributed by atoms with van der Waals surface area (Å²) < 4.78 is 0. The van der Waals surface area contributed by atoms with E-state index in [0.717, 1.165) is 12.2 Å². The maximum absolute atomic E-state index is 11.7. The Balaban J connectivity index is 2.00. The van der Waals surface area contributed by atoms with Crippen LogP contribution in [-0.2, 0) is 6.54 Å².